The predicted octanol–water partition coefficient (Wildman–Crippen LogP) is 2.67. The SMILES string of the molecule is C/C=C\C=C(/C)OCC1CC(CNC(=O)OC(C)(C)C)NO1. The van der Waals surface area contributed by atoms with Crippen LogP contribution in [0.3, 0.4) is 0 Å². The van der Waals surface area contributed by atoms with Gasteiger partial charge in [0, 0.05) is 6.54 Å². The molecule has 1 aliphatic rings. The lowest BCUT2D eigenvalue weighted by atomic mass is 10.1. The molecule has 0 aromatic carbocycles. The van der Waals surface area contributed by atoms with Crippen LogP contribution in [0.4, 0.5) is 4.79 Å². The van der Waals surface area contributed by atoms with Crippen LogP contribution in [0.25, 0.3) is 0 Å². The number of carbonyl (C=O) groups excluding carboxylic acids is 1. The minimum atomic E-state index is -0.489. The number of rotatable bonds is 6. The Morgan fingerprint density at radius 1 is 1.45 bits per heavy atom. The summed E-state index contributed by atoms with van der Waals surface area (Å²) in [7, 11) is 0. The van der Waals surface area contributed by atoms with Crippen molar-refractivity contribution in [1.82, 2.24) is 10.8 Å². The Morgan fingerprint density at radius 2 is 2.18 bits per heavy atom. The zero-order valence-electron chi connectivity index (χ0n) is 14.1. The third kappa shape index (κ3) is 8.05. The van der Waals surface area contributed by atoms with Gasteiger partial charge in [-0.2, -0.15) is 5.48 Å². The molecule has 6 nitrogen and oxygen atoms in total. The zero-order valence-corrected chi connectivity index (χ0v) is 14.1. The molecule has 1 saturated heterocycles. The third-order valence-corrected chi connectivity index (χ3v) is 2.86. The fraction of sp³-hybridized carbons (Fsp3) is 0.688. The fourth-order valence-electron chi connectivity index (χ4n) is 1.86. The molecule has 1 rings (SSSR count). The molecular weight excluding hydrogens is 284 g/mol. The number of amides is 1. The number of ether oxygens (including phenoxy) is 2. The van der Waals surface area contributed by atoms with E-state index in [1.54, 1.807) is 0 Å². The van der Waals surface area contributed by atoms with Crippen molar-refractivity contribution in [3.05, 3.63) is 24.0 Å². The van der Waals surface area contributed by atoms with Crippen LogP contribution in [-0.2, 0) is 14.3 Å². The van der Waals surface area contributed by atoms with Crippen LogP contribution in [0.2, 0.25) is 0 Å². The van der Waals surface area contributed by atoms with Crippen molar-refractivity contribution in [2.45, 2.75) is 58.8 Å². The van der Waals surface area contributed by atoms with Crippen LogP contribution in [0.5, 0.6) is 0 Å². The lowest BCUT2D eigenvalue weighted by Gasteiger charge is -2.20. The molecule has 1 heterocycles. The predicted molar refractivity (Wildman–Crippen MR) is 85.2 cm³/mol. The van der Waals surface area contributed by atoms with Gasteiger partial charge in [0.25, 0.3) is 0 Å². The molecule has 0 aliphatic carbocycles. The van der Waals surface area contributed by atoms with Crippen molar-refractivity contribution in [3.63, 3.8) is 0 Å². The van der Waals surface area contributed by atoms with Crippen LogP contribution in [-0.4, -0.2) is 37.0 Å². The maximum absolute atomic E-state index is 11.6. The van der Waals surface area contributed by atoms with E-state index in [1.807, 2.05) is 52.8 Å². The van der Waals surface area contributed by atoms with E-state index in [-0.39, 0.29) is 12.1 Å². The molecule has 6 heteroatoms. The number of carbonyl (C=O) groups is 1. The molecule has 1 amide bonds. The van der Waals surface area contributed by atoms with Crippen molar-refractivity contribution in [2.24, 2.45) is 0 Å². The summed E-state index contributed by atoms with van der Waals surface area (Å²) < 4.78 is 10.8. The first-order valence-electron chi connectivity index (χ1n) is 7.60. The van der Waals surface area contributed by atoms with E-state index in [0.717, 1.165) is 12.2 Å². The highest BCUT2D eigenvalue weighted by molar-refractivity contribution is 5.67. The van der Waals surface area contributed by atoms with E-state index in [1.165, 1.54) is 0 Å². The van der Waals surface area contributed by atoms with Crippen LogP contribution in [0.1, 0.15) is 41.0 Å². The molecule has 2 N–H and O–H groups in total. The molecule has 2 atom stereocenters. The quantitative estimate of drug-likeness (QED) is 0.583. The number of nitrogens with one attached hydrogen (secondary N) is 2. The minimum Gasteiger partial charge on any atom is -0.495 e. The van der Waals surface area contributed by atoms with Crippen molar-refractivity contribution < 1.29 is 19.1 Å². The van der Waals surface area contributed by atoms with Crippen molar-refractivity contribution in [2.75, 3.05) is 13.2 Å². The Morgan fingerprint density at radius 3 is 2.82 bits per heavy atom. The van der Waals surface area contributed by atoms with Crippen LogP contribution in [0.15, 0.2) is 24.0 Å². The summed E-state index contributed by atoms with van der Waals surface area (Å²) in [4.78, 5) is 17.0. The summed E-state index contributed by atoms with van der Waals surface area (Å²) in [5.74, 6) is 0.844. The molecule has 0 radical (unpaired) electrons. The number of allylic oxidation sites excluding steroid dienone is 4. The maximum atomic E-state index is 11.6. The van der Waals surface area contributed by atoms with Gasteiger partial charge in [-0.25, -0.2) is 4.79 Å². The molecule has 126 valence electrons. The lowest BCUT2D eigenvalue weighted by molar-refractivity contribution is -0.0115. The Labute approximate surface area is 132 Å². The second-order valence-electron chi connectivity index (χ2n) is 6.29. The lowest BCUT2D eigenvalue weighted by Crippen LogP contribution is -2.39. The molecule has 0 saturated carbocycles. The first-order chi connectivity index (χ1) is 10.3. The normalized spacial score (nSPS) is 22.9. The van der Waals surface area contributed by atoms with Gasteiger partial charge in [0.1, 0.15) is 18.3 Å². The van der Waals surface area contributed by atoms with Gasteiger partial charge in [0.2, 0.25) is 0 Å². The van der Waals surface area contributed by atoms with Crippen LogP contribution in [0, 0.1) is 0 Å². The third-order valence-electron chi connectivity index (χ3n) is 2.86. The average Bonchev–Trinajstić information content (AvgIpc) is 2.86. The Bertz CT molecular complexity index is 413. The molecule has 22 heavy (non-hydrogen) atoms. The standard InChI is InChI=1S/C16H28N2O4/c1-6-7-8-12(2)20-11-14-9-13(18-22-14)10-17-15(19)21-16(3,4)5/h6-8,13-14,18H,9-11H2,1-5H3,(H,17,19)/b7-6-,12-8+. The fourth-order valence-corrected chi connectivity index (χ4v) is 1.86. The molecule has 1 fully saturated rings. The molecule has 0 spiro atoms. The van der Waals surface area contributed by atoms with Gasteiger partial charge in [-0.05, 0) is 47.1 Å². The number of hydroxylamine groups is 1. The van der Waals surface area contributed by atoms with Crippen LogP contribution >= 0.6 is 0 Å². The first kappa shape index (κ1) is 18.5. The van der Waals surface area contributed by atoms with Crippen molar-refractivity contribution in [3.8, 4) is 0 Å². The van der Waals surface area contributed by atoms with E-state index in [4.69, 9.17) is 14.3 Å². The summed E-state index contributed by atoms with van der Waals surface area (Å²) in [5, 5.41) is 2.73. The zero-order chi connectivity index (χ0) is 16.6. The maximum Gasteiger partial charge on any atom is 0.407 e. The Kier molecular flexibility index (Phi) is 7.41. The molecule has 2 unspecified atom stereocenters. The topological polar surface area (TPSA) is 68.8 Å². The monoisotopic (exact) mass is 312 g/mol. The summed E-state index contributed by atoms with van der Waals surface area (Å²) >= 11 is 0. The van der Waals surface area contributed by atoms with Crippen molar-refractivity contribution >= 4 is 6.09 Å². The van der Waals surface area contributed by atoms with Gasteiger partial charge < -0.3 is 14.8 Å². The molecule has 0 bridgehead atoms. The highest BCUT2D eigenvalue weighted by Crippen LogP contribution is 2.12. The summed E-state index contributed by atoms with van der Waals surface area (Å²) in [5.41, 5.74) is 2.42. The van der Waals surface area contributed by atoms with Crippen molar-refractivity contribution in [1.29, 1.82) is 0 Å². The minimum absolute atomic E-state index is 0.0283. The Balaban J connectivity index is 2.22. The van der Waals surface area contributed by atoms with Gasteiger partial charge in [-0.15, -0.1) is 0 Å². The second kappa shape index (κ2) is 8.80. The van der Waals surface area contributed by atoms with Gasteiger partial charge in [0.05, 0.1) is 11.8 Å². The van der Waals surface area contributed by atoms with Gasteiger partial charge >= 0.3 is 6.09 Å². The molecule has 0 aromatic rings. The van der Waals surface area contributed by atoms with E-state index in [9.17, 15) is 4.79 Å². The van der Waals surface area contributed by atoms with E-state index in [0.29, 0.717) is 13.2 Å². The van der Waals surface area contributed by atoms with Crippen LogP contribution < -0.4 is 10.8 Å². The summed E-state index contributed by atoms with van der Waals surface area (Å²) in [6.45, 7) is 10.3. The number of alkyl carbamates (subject to hydrolysis) is 1. The largest absolute Gasteiger partial charge is 0.495 e. The highest BCUT2D eigenvalue weighted by atomic mass is 16.7. The van der Waals surface area contributed by atoms with Gasteiger partial charge in [-0.3, -0.25) is 4.84 Å². The number of hydrogen-bond acceptors (Lipinski definition) is 5. The van der Waals surface area contributed by atoms with E-state index in [2.05, 4.69) is 10.8 Å². The van der Waals surface area contributed by atoms with Gasteiger partial charge in [-0.1, -0.05) is 12.2 Å². The molecule has 0 aromatic heterocycles. The molecule has 1 aliphatic heterocycles. The second-order valence-corrected chi connectivity index (χ2v) is 6.29. The average molecular weight is 312 g/mol. The van der Waals surface area contributed by atoms with E-state index >= 15 is 0 Å². The van der Waals surface area contributed by atoms with Gasteiger partial charge in [0.15, 0.2) is 0 Å². The number of hydrogen-bond donors (Lipinski definition) is 2. The van der Waals surface area contributed by atoms with E-state index < -0.39 is 11.7 Å². The molecular formula is C16H28N2O4. The highest BCUT2D eigenvalue weighted by Gasteiger charge is 2.27. The summed E-state index contributed by atoms with van der Waals surface area (Å²) in [6, 6.07) is 0.0564. The summed E-state index contributed by atoms with van der Waals surface area (Å²) in [6.07, 6.45) is 6.10. The Hall–Kier alpha value is -1.53. The first-order valence-corrected chi connectivity index (χ1v) is 7.60. The smallest absolute Gasteiger partial charge is 0.407 e.